The van der Waals surface area contributed by atoms with Crippen molar-refractivity contribution in [1.29, 1.82) is 0 Å². The number of aryl methyl sites for hydroxylation is 1. The molecule has 1 N–H and O–H groups in total. The van der Waals surface area contributed by atoms with Crippen molar-refractivity contribution in [3.63, 3.8) is 0 Å². The number of hydrogen-bond donors (Lipinski definition) is 1. The summed E-state index contributed by atoms with van der Waals surface area (Å²) >= 11 is 0. The van der Waals surface area contributed by atoms with Gasteiger partial charge in [0.05, 0.1) is 6.61 Å². The molecule has 27 heavy (non-hydrogen) atoms. The Morgan fingerprint density at radius 1 is 1.15 bits per heavy atom. The van der Waals surface area contributed by atoms with E-state index < -0.39 is 0 Å². The van der Waals surface area contributed by atoms with Crippen LogP contribution in [-0.4, -0.2) is 17.5 Å². The monoisotopic (exact) mass is 372 g/mol. The number of carbonyl (C=O) groups excluding carboxylic acids is 1. The van der Waals surface area contributed by atoms with Crippen LogP contribution in [0.2, 0.25) is 0 Å². The van der Waals surface area contributed by atoms with Gasteiger partial charge in [0, 0.05) is 30.2 Å². The quantitative estimate of drug-likeness (QED) is 0.555. The van der Waals surface area contributed by atoms with Gasteiger partial charge in [-0.1, -0.05) is 46.0 Å². The lowest BCUT2D eigenvalue weighted by molar-refractivity contribution is -0.119. The van der Waals surface area contributed by atoms with Gasteiger partial charge < -0.3 is 9.84 Å². The van der Waals surface area contributed by atoms with Crippen LogP contribution < -0.4 is 4.74 Å². The van der Waals surface area contributed by atoms with Crippen molar-refractivity contribution in [3.8, 4) is 11.5 Å². The Morgan fingerprint density at radius 2 is 1.93 bits per heavy atom. The van der Waals surface area contributed by atoms with Gasteiger partial charge in [0.1, 0.15) is 17.3 Å². The Balaban J connectivity index is 1.56. The number of carbonyl (C=O) groups is 1. The largest absolute Gasteiger partial charge is 0.508 e. The lowest BCUT2D eigenvalue weighted by Gasteiger charge is -2.33. The maximum atomic E-state index is 12.1. The Labute approximate surface area is 164 Å². The number of rotatable bonds is 8. The molecule has 2 atom stereocenters. The van der Waals surface area contributed by atoms with E-state index in [4.69, 9.17) is 4.74 Å². The maximum absolute atomic E-state index is 12.1. The number of ketones is 1. The number of aromatic hydroxyl groups is 1. The molecule has 0 saturated heterocycles. The molecule has 1 fully saturated rings. The van der Waals surface area contributed by atoms with Crippen LogP contribution in [0.5, 0.6) is 11.5 Å². The van der Waals surface area contributed by atoms with Gasteiger partial charge in [-0.15, -0.1) is 0 Å². The minimum atomic E-state index is 0.138. The van der Waals surface area contributed by atoms with Crippen molar-refractivity contribution in [3.05, 3.63) is 23.3 Å². The van der Waals surface area contributed by atoms with E-state index in [0.29, 0.717) is 36.9 Å². The number of fused-ring (bicyclic) bond motifs is 3. The third kappa shape index (κ3) is 5.49. The Hall–Kier alpha value is -1.51. The number of Topliss-reactive ketones (excluding diaryl/α,β-unsaturated/α-hetero) is 1. The number of phenolic OH excluding ortho intramolecular Hbond substituents is 1. The normalized spacial score (nSPS) is 22.1. The highest BCUT2D eigenvalue weighted by molar-refractivity contribution is 5.80. The molecule has 1 aliphatic heterocycles. The van der Waals surface area contributed by atoms with Crippen molar-refractivity contribution < 1.29 is 14.6 Å². The fourth-order valence-electron chi connectivity index (χ4n) is 4.73. The third-order valence-electron chi connectivity index (χ3n) is 6.30. The number of ether oxygens (including phenoxy) is 1. The van der Waals surface area contributed by atoms with Crippen LogP contribution in [0.1, 0.15) is 95.1 Å². The zero-order valence-corrected chi connectivity index (χ0v) is 17.1. The smallest absolute Gasteiger partial charge is 0.133 e. The molecule has 3 rings (SSSR count). The highest BCUT2D eigenvalue weighted by Crippen LogP contribution is 2.47. The summed E-state index contributed by atoms with van der Waals surface area (Å²) < 4.78 is 6.02. The standard InChI is InChI=1S/C24H36O3/c1-17(2)9-6-4-3-5-7-10-18-13-22(26)24-21-15-20(25)12-8-11-19(21)16-27-23(24)14-18/h13-14,17,19,21,26H,3-12,15-16H2,1-2H3. The molecule has 1 aliphatic carbocycles. The lowest BCUT2D eigenvalue weighted by atomic mass is 9.79. The Morgan fingerprint density at radius 3 is 2.74 bits per heavy atom. The zero-order valence-electron chi connectivity index (χ0n) is 17.1. The predicted octanol–water partition coefficient (Wildman–Crippen LogP) is 6.17. The van der Waals surface area contributed by atoms with E-state index >= 15 is 0 Å². The molecular weight excluding hydrogens is 336 g/mol. The van der Waals surface area contributed by atoms with Crippen LogP contribution >= 0.6 is 0 Å². The first-order chi connectivity index (χ1) is 13.0. The number of unbranched alkanes of at least 4 members (excludes halogenated alkanes) is 4. The topological polar surface area (TPSA) is 46.5 Å². The second kappa shape index (κ2) is 9.61. The first-order valence-electron chi connectivity index (χ1n) is 11.0. The van der Waals surface area contributed by atoms with E-state index in [1.54, 1.807) is 0 Å². The lowest BCUT2D eigenvalue weighted by Crippen LogP contribution is -2.26. The Bertz CT molecular complexity index is 635. The Kier molecular flexibility index (Phi) is 7.20. The van der Waals surface area contributed by atoms with Gasteiger partial charge in [-0.3, -0.25) is 4.79 Å². The number of hydrogen-bond acceptors (Lipinski definition) is 3. The summed E-state index contributed by atoms with van der Waals surface area (Å²) in [7, 11) is 0. The molecule has 150 valence electrons. The van der Waals surface area contributed by atoms with E-state index in [9.17, 15) is 9.90 Å². The summed E-state index contributed by atoms with van der Waals surface area (Å²) in [5.74, 6) is 2.80. The summed E-state index contributed by atoms with van der Waals surface area (Å²) in [6, 6.07) is 4.03. The molecule has 1 aromatic rings. The molecule has 1 saturated carbocycles. The summed E-state index contributed by atoms with van der Waals surface area (Å²) in [6.45, 7) is 5.26. The van der Waals surface area contributed by atoms with Gasteiger partial charge in [-0.2, -0.15) is 0 Å². The van der Waals surface area contributed by atoms with Crippen molar-refractivity contribution in [1.82, 2.24) is 0 Å². The van der Waals surface area contributed by atoms with Gasteiger partial charge in [-0.05, 0) is 49.3 Å². The highest BCUT2D eigenvalue weighted by Gasteiger charge is 2.36. The van der Waals surface area contributed by atoms with Gasteiger partial charge in [0.2, 0.25) is 0 Å². The first-order valence-corrected chi connectivity index (χ1v) is 11.0. The average Bonchev–Trinajstić information content (AvgIpc) is 2.81. The summed E-state index contributed by atoms with van der Waals surface area (Å²) in [6.07, 6.45) is 11.9. The van der Waals surface area contributed by atoms with Gasteiger partial charge in [-0.25, -0.2) is 0 Å². The number of benzene rings is 1. The molecule has 1 aromatic carbocycles. The molecule has 0 radical (unpaired) electrons. The van der Waals surface area contributed by atoms with Gasteiger partial charge in [0.25, 0.3) is 0 Å². The summed E-state index contributed by atoms with van der Waals surface area (Å²) in [4.78, 5) is 12.1. The third-order valence-corrected chi connectivity index (χ3v) is 6.30. The molecule has 0 bridgehead atoms. The minimum absolute atomic E-state index is 0.138. The van der Waals surface area contributed by atoms with E-state index in [1.165, 1.54) is 32.1 Å². The molecule has 2 aliphatic rings. The van der Waals surface area contributed by atoms with Gasteiger partial charge in [0.15, 0.2) is 0 Å². The van der Waals surface area contributed by atoms with Crippen LogP contribution in [0, 0.1) is 11.8 Å². The fourth-order valence-corrected chi connectivity index (χ4v) is 4.73. The minimum Gasteiger partial charge on any atom is -0.508 e. The zero-order chi connectivity index (χ0) is 19.2. The molecule has 0 aromatic heterocycles. The maximum Gasteiger partial charge on any atom is 0.133 e. The molecule has 0 spiro atoms. The van der Waals surface area contributed by atoms with Crippen molar-refractivity contribution in [2.24, 2.45) is 11.8 Å². The number of phenols is 1. The van der Waals surface area contributed by atoms with Crippen LogP contribution in [0.15, 0.2) is 12.1 Å². The second-order valence-corrected chi connectivity index (χ2v) is 9.04. The average molecular weight is 373 g/mol. The van der Waals surface area contributed by atoms with Crippen LogP contribution in [-0.2, 0) is 11.2 Å². The van der Waals surface area contributed by atoms with Crippen molar-refractivity contribution in [2.75, 3.05) is 6.61 Å². The molecule has 1 heterocycles. The predicted molar refractivity (Wildman–Crippen MR) is 110 cm³/mol. The van der Waals surface area contributed by atoms with E-state index in [0.717, 1.165) is 48.5 Å². The SMILES string of the molecule is CC(C)CCCCCCCc1cc(O)c2c(c1)OCC1CCCC(=O)CC21. The summed E-state index contributed by atoms with van der Waals surface area (Å²) in [5, 5.41) is 10.7. The van der Waals surface area contributed by atoms with Crippen molar-refractivity contribution >= 4 is 5.78 Å². The highest BCUT2D eigenvalue weighted by atomic mass is 16.5. The molecule has 3 nitrogen and oxygen atoms in total. The first kappa shape index (κ1) is 20.2. The van der Waals surface area contributed by atoms with E-state index in [1.807, 2.05) is 6.07 Å². The van der Waals surface area contributed by atoms with Crippen molar-refractivity contribution in [2.45, 2.75) is 90.4 Å². The molecule has 3 heteroatoms. The molecular formula is C24H36O3. The fraction of sp³-hybridized carbons (Fsp3) is 0.708. The molecule has 0 amide bonds. The summed E-state index contributed by atoms with van der Waals surface area (Å²) in [5.41, 5.74) is 2.05. The van der Waals surface area contributed by atoms with E-state index in [2.05, 4.69) is 19.9 Å². The van der Waals surface area contributed by atoms with Crippen LogP contribution in [0.3, 0.4) is 0 Å². The molecule has 2 unspecified atom stereocenters. The second-order valence-electron chi connectivity index (χ2n) is 9.04. The van der Waals surface area contributed by atoms with Crippen LogP contribution in [0.4, 0.5) is 0 Å². The van der Waals surface area contributed by atoms with Gasteiger partial charge >= 0.3 is 0 Å². The van der Waals surface area contributed by atoms with Crippen LogP contribution in [0.25, 0.3) is 0 Å². The van der Waals surface area contributed by atoms with E-state index in [-0.39, 0.29) is 5.92 Å².